The number of aromatic nitrogens is 2. The summed E-state index contributed by atoms with van der Waals surface area (Å²) in [4.78, 5) is 28.8. The molecule has 2 amide bonds. The molecule has 0 spiro atoms. The lowest BCUT2D eigenvalue weighted by molar-refractivity contribution is -0.146. The zero-order chi connectivity index (χ0) is 17.6. The van der Waals surface area contributed by atoms with Gasteiger partial charge in [-0.2, -0.15) is 5.10 Å². The van der Waals surface area contributed by atoms with Crippen molar-refractivity contribution in [3.8, 4) is 0 Å². The van der Waals surface area contributed by atoms with Gasteiger partial charge in [0.05, 0.1) is 18.8 Å². The molecule has 8 heteroatoms. The first-order chi connectivity index (χ1) is 11.9. The highest BCUT2D eigenvalue weighted by Gasteiger charge is 2.41. The van der Waals surface area contributed by atoms with Crippen LogP contribution in [0.25, 0.3) is 0 Å². The molecule has 0 unspecified atom stereocenters. The van der Waals surface area contributed by atoms with E-state index in [0.29, 0.717) is 6.54 Å². The number of carbonyl (C=O) groups is 2. The van der Waals surface area contributed by atoms with Crippen LogP contribution >= 0.6 is 0 Å². The highest BCUT2D eigenvalue weighted by atomic mass is 19.3. The van der Waals surface area contributed by atoms with E-state index in [-0.39, 0.29) is 50.2 Å². The Hall–Kier alpha value is -1.99. The van der Waals surface area contributed by atoms with E-state index in [9.17, 15) is 18.4 Å². The Balaban J connectivity index is 1.51. The molecule has 0 radical (unpaired) electrons. The van der Waals surface area contributed by atoms with Gasteiger partial charge in [0.2, 0.25) is 11.8 Å². The zero-order valence-corrected chi connectivity index (χ0v) is 14.0. The van der Waals surface area contributed by atoms with Crippen molar-refractivity contribution in [3.63, 3.8) is 0 Å². The van der Waals surface area contributed by atoms with Crippen LogP contribution in [0.15, 0.2) is 12.3 Å². The highest BCUT2D eigenvalue weighted by molar-refractivity contribution is 5.84. The van der Waals surface area contributed by atoms with Crippen molar-refractivity contribution in [2.24, 2.45) is 5.92 Å². The Kier molecular flexibility index (Phi) is 4.00. The summed E-state index contributed by atoms with van der Waals surface area (Å²) in [5, 5.41) is 4.24. The number of amides is 2. The van der Waals surface area contributed by atoms with Crippen molar-refractivity contribution >= 4 is 11.8 Å². The van der Waals surface area contributed by atoms with E-state index < -0.39 is 12.0 Å². The minimum atomic E-state index is -2.69. The van der Waals surface area contributed by atoms with Gasteiger partial charge in [0.15, 0.2) is 0 Å². The summed E-state index contributed by atoms with van der Waals surface area (Å²) in [5.41, 5.74) is 0.819. The fraction of sp³-hybridized carbons (Fsp3) is 0.706. The molecule has 0 bridgehead atoms. The molecular weight excluding hydrogens is 330 g/mol. The normalized spacial score (nSPS) is 26.1. The van der Waals surface area contributed by atoms with Crippen LogP contribution in [0, 0.1) is 5.92 Å². The Morgan fingerprint density at radius 2 is 1.84 bits per heavy atom. The molecule has 1 saturated heterocycles. The first kappa shape index (κ1) is 16.5. The maximum absolute atomic E-state index is 13.4. The van der Waals surface area contributed by atoms with E-state index in [1.807, 2.05) is 6.07 Å². The van der Waals surface area contributed by atoms with Crippen LogP contribution in [0.2, 0.25) is 0 Å². The third-order valence-corrected chi connectivity index (χ3v) is 5.65. The van der Waals surface area contributed by atoms with Crippen LogP contribution in [0.3, 0.4) is 0 Å². The van der Waals surface area contributed by atoms with Crippen molar-refractivity contribution in [1.29, 1.82) is 0 Å². The lowest BCUT2D eigenvalue weighted by Gasteiger charge is -2.40. The molecule has 1 aromatic rings. The van der Waals surface area contributed by atoms with Gasteiger partial charge in [-0.3, -0.25) is 14.3 Å². The van der Waals surface area contributed by atoms with Crippen LogP contribution in [-0.4, -0.2) is 57.0 Å². The molecule has 6 nitrogen and oxygen atoms in total. The number of nitrogens with zero attached hydrogens (tertiary/aromatic N) is 4. The van der Waals surface area contributed by atoms with Crippen molar-refractivity contribution in [1.82, 2.24) is 19.6 Å². The Morgan fingerprint density at radius 1 is 1.12 bits per heavy atom. The summed E-state index contributed by atoms with van der Waals surface area (Å²) in [6, 6.07) is 1.19. The average molecular weight is 352 g/mol. The molecule has 25 heavy (non-hydrogen) atoms. The summed E-state index contributed by atoms with van der Waals surface area (Å²) in [7, 11) is 0. The molecule has 1 aromatic heterocycles. The summed E-state index contributed by atoms with van der Waals surface area (Å²) < 4.78 is 28.4. The summed E-state index contributed by atoms with van der Waals surface area (Å²) in [6.45, 7) is 0.831. The quantitative estimate of drug-likeness (QED) is 0.816. The second kappa shape index (κ2) is 6.07. The molecule has 136 valence electrons. The van der Waals surface area contributed by atoms with E-state index in [4.69, 9.17) is 0 Å². The number of fused-ring (bicyclic) bond motifs is 1. The molecule has 3 aliphatic rings. The minimum absolute atomic E-state index is 0.0511. The average Bonchev–Trinajstić information content (AvgIpc) is 3.00. The Bertz CT molecular complexity index is 676. The number of halogens is 2. The third-order valence-electron chi connectivity index (χ3n) is 5.65. The third kappa shape index (κ3) is 3.02. The second-order valence-corrected chi connectivity index (χ2v) is 7.31. The molecule has 2 aliphatic heterocycles. The lowest BCUT2D eigenvalue weighted by Crippen LogP contribution is -2.52. The highest BCUT2D eigenvalue weighted by Crippen LogP contribution is 2.33. The topological polar surface area (TPSA) is 58.4 Å². The number of piperidine rings is 1. The summed E-state index contributed by atoms with van der Waals surface area (Å²) in [5.74, 6) is -2.74. The largest absolute Gasteiger partial charge is 0.340 e. The van der Waals surface area contributed by atoms with Gasteiger partial charge in [-0.05, 0) is 18.9 Å². The minimum Gasteiger partial charge on any atom is -0.340 e. The molecule has 0 aromatic carbocycles. The maximum atomic E-state index is 13.4. The van der Waals surface area contributed by atoms with Crippen LogP contribution in [0.5, 0.6) is 0 Å². The fourth-order valence-electron chi connectivity index (χ4n) is 3.82. The van der Waals surface area contributed by atoms with Gasteiger partial charge in [-0.1, -0.05) is 6.42 Å². The monoisotopic (exact) mass is 352 g/mol. The first-order valence-electron chi connectivity index (χ1n) is 8.92. The van der Waals surface area contributed by atoms with Crippen molar-refractivity contribution in [2.45, 2.75) is 50.6 Å². The van der Waals surface area contributed by atoms with Gasteiger partial charge in [0.25, 0.3) is 5.92 Å². The van der Waals surface area contributed by atoms with E-state index >= 15 is 0 Å². The van der Waals surface area contributed by atoms with Gasteiger partial charge < -0.3 is 9.80 Å². The SMILES string of the molecule is O=C(C1CCC1)N1Cc2ccnn2[C@@H](C(=O)N2CCC(F)(F)CC2)C1. The fourth-order valence-corrected chi connectivity index (χ4v) is 3.82. The van der Waals surface area contributed by atoms with Crippen LogP contribution < -0.4 is 0 Å². The Labute approximate surface area is 144 Å². The molecule has 0 N–H and O–H groups in total. The van der Waals surface area contributed by atoms with Crippen molar-refractivity contribution in [3.05, 3.63) is 18.0 Å². The van der Waals surface area contributed by atoms with E-state index in [1.165, 1.54) is 4.90 Å². The number of alkyl halides is 2. The zero-order valence-electron chi connectivity index (χ0n) is 14.0. The molecule has 1 atom stereocenters. The number of hydrogen-bond donors (Lipinski definition) is 0. The molecular formula is C17H22F2N4O2. The maximum Gasteiger partial charge on any atom is 0.251 e. The smallest absolute Gasteiger partial charge is 0.251 e. The summed E-state index contributed by atoms with van der Waals surface area (Å²) in [6.07, 6.45) is 3.91. The second-order valence-electron chi connectivity index (χ2n) is 7.31. The van der Waals surface area contributed by atoms with Gasteiger partial charge >= 0.3 is 0 Å². The standard InChI is InChI=1S/C17H22F2N4O2/c18-17(19)5-8-21(9-6-17)16(25)14-11-22(15(24)12-2-1-3-12)10-13-4-7-20-23(13)14/h4,7,12,14H,1-3,5-6,8-11H2/t14-/m1/s1. The van der Waals surface area contributed by atoms with E-state index in [2.05, 4.69) is 5.10 Å². The lowest BCUT2D eigenvalue weighted by atomic mass is 9.84. The number of rotatable bonds is 2. The summed E-state index contributed by atoms with van der Waals surface area (Å²) >= 11 is 0. The predicted octanol–water partition coefficient (Wildman–Crippen LogP) is 1.82. The van der Waals surface area contributed by atoms with Gasteiger partial charge in [-0.25, -0.2) is 8.78 Å². The van der Waals surface area contributed by atoms with E-state index in [0.717, 1.165) is 25.0 Å². The number of hydrogen-bond acceptors (Lipinski definition) is 3. The van der Waals surface area contributed by atoms with E-state index in [1.54, 1.807) is 15.8 Å². The van der Waals surface area contributed by atoms with Gasteiger partial charge in [-0.15, -0.1) is 0 Å². The molecule has 2 fully saturated rings. The van der Waals surface area contributed by atoms with Crippen molar-refractivity contribution in [2.75, 3.05) is 19.6 Å². The number of carbonyl (C=O) groups excluding carboxylic acids is 2. The van der Waals surface area contributed by atoms with Crippen LogP contribution in [-0.2, 0) is 16.1 Å². The molecule has 4 rings (SSSR count). The first-order valence-corrected chi connectivity index (χ1v) is 8.92. The van der Waals surface area contributed by atoms with Crippen molar-refractivity contribution < 1.29 is 18.4 Å². The number of likely N-dealkylation sites (tertiary alicyclic amines) is 1. The Morgan fingerprint density at radius 3 is 2.48 bits per heavy atom. The van der Waals surface area contributed by atoms with Gasteiger partial charge in [0, 0.05) is 38.0 Å². The molecule has 3 heterocycles. The molecule has 1 aliphatic carbocycles. The van der Waals surface area contributed by atoms with Crippen LogP contribution in [0.4, 0.5) is 8.78 Å². The van der Waals surface area contributed by atoms with Gasteiger partial charge in [0.1, 0.15) is 6.04 Å². The molecule has 1 saturated carbocycles. The predicted molar refractivity (Wildman–Crippen MR) is 84.8 cm³/mol. The van der Waals surface area contributed by atoms with Crippen LogP contribution in [0.1, 0.15) is 43.8 Å².